The van der Waals surface area contributed by atoms with Crippen molar-refractivity contribution in [1.29, 1.82) is 0 Å². The highest BCUT2D eigenvalue weighted by Crippen LogP contribution is 2.33. The van der Waals surface area contributed by atoms with Crippen LogP contribution in [0.1, 0.15) is 36.9 Å². The molecule has 0 radical (unpaired) electrons. The van der Waals surface area contributed by atoms with Gasteiger partial charge in [0.1, 0.15) is 5.76 Å². The minimum absolute atomic E-state index is 0.0359. The number of carbonyl (C=O) groups excluding carboxylic acids is 1. The SMILES string of the molecule is CC1=CC(=O)C(C(C)C)=CC1=Nc1cc(C(=O)O)c(NCc2ccco2)cc1Cl. The van der Waals surface area contributed by atoms with Gasteiger partial charge in [-0.2, -0.15) is 0 Å². The van der Waals surface area contributed by atoms with Crippen molar-refractivity contribution in [3.8, 4) is 0 Å². The van der Waals surface area contributed by atoms with E-state index in [1.165, 1.54) is 12.1 Å². The summed E-state index contributed by atoms with van der Waals surface area (Å²) in [5.74, 6) is -0.420. The Morgan fingerprint density at radius 1 is 1.31 bits per heavy atom. The molecule has 1 aliphatic rings. The number of nitrogens with zero attached hydrogens (tertiary/aromatic N) is 1. The van der Waals surface area contributed by atoms with Gasteiger partial charge in [-0.3, -0.25) is 4.79 Å². The molecule has 7 heteroatoms. The van der Waals surface area contributed by atoms with Crippen molar-refractivity contribution in [1.82, 2.24) is 0 Å². The smallest absolute Gasteiger partial charge is 0.337 e. The molecule has 3 rings (SSSR count). The Balaban J connectivity index is 1.98. The van der Waals surface area contributed by atoms with Gasteiger partial charge in [-0.1, -0.05) is 25.4 Å². The van der Waals surface area contributed by atoms with E-state index in [0.717, 1.165) is 0 Å². The maximum absolute atomic E-state index is 12.1. The summed E-state index contributed by atoms with van der Waals surface area (Å²) >= 11 is 6.39. The second kappa shape index (κ2) is 8.49. The third-order valence-corrected chi connectivity index (χ3v) is 4.84. The zero-order valence-corrected chi connectivity index (χ0v) is 17.1. The number of halogens is 1. The van der Waals surface area contributed by atoms with Gasteiger partial charge in [0.05, 0.1) is 40.5 Å². The van der Waals surface area contributed by atoms with Gasteiger partial charge in [0, 0.05) is 5.57 Å². The molecule has 0 bridgehead atoms. The van der Waals surface area contributed by atoms with E-state index in [4.69, 9.17) is 16.0 Å². The number of ketones is 1. The van der Waals surface area contributed by atoms with Gasteiger partial charge in [-0.05, 0) is 54.8 Å². The first kappa shape index (κ1) is 20.6. The highest BCUT2D eigenvalue weighted by molar-refractivity contribution is 6.34. The summed E-state index contributed by atoms with van der Waals surface area (Å²) in [5.41, 5.74) is 2.68. The number of carboxylic acid groups (broad SMARTS) is 1. The lowest BCUT2D eigenvalue weighted by Crippen LogP contribution is -2.15. The van der Waals surface area contributed by atoms with Crippen molar-refractivity contribution >= 4 is 40.4 Å². The van der Waals surface area contributed by atoms with E-state index >= 15 is 0 Å². The van der Waals surface area contributed by atoms with E-state index in [-0.39, 0.29) is 17.3 Å². The van der Waals surface area contributed by atoms with Gasteiger partial charge in [-0.25, -0.2) is 9.79 Å². The van der Waals surface area contributed by atoms with Crippen LogP contribution in [0.15, 0.2) is 63.2 Å². The van der Waals surface area contributed by atoms with Crippen molar-refractivity contribution in [3.63, 3.8) is 0 Å². The molecule has 0 fully saturated rings. The van der Waals surface area contributed by atoms with Gasteiger partial charge in [-0.15, -0.1) is 0 Å². The maximum Gasteiger partial charge on any atom is 0.337 e. The molecule has 1 aliphatic carbocycles. The van der Waals surface area contributed by atoms with E-state index < -0.39 is 5.97 Å². The zero-order chi connectivity index (χ0) is 21.1. The Hall–Kier alpha value is -3.12. The van der Waals surface area contributed by atoms with Crippen LogP contribution in [0.4, 0.5) is 11.4 Å². The molecular formula is C22H21ClN2O4. The number of hydrogen-bond donors (Lipinski definition) is 2. The molecule has 0 unspecified atom stereocenters. The van der Waals surface area contributed by atoms with E-state index in [1.54, 1.807) is 37.5 Å². The number of rotatable bonds is 6. The monoisotopic (exact) mass is 412 g/mol. The van der Waals surface area contributed by atoms with Crippen LogP contribution in [0.2, 0.25) is 5.02 Å². The van der Waals surface area contributed by atoms with Crippen LogP contribution in [0, 0.1) is 5.92 Å². The van der Waals surface area contributed by atoms with Crippen LogP contribution in [0.3, 0.4) is 0 Å². The number of anilines is 1. The third kappa shape index (κ3) is 4.66. The quantitative estimate of drug-likeness (QED) is 0.617. The fourth-order valence-corrected chi connectivity index (χ4v) is 3.16. The second-order valence-corrected chi connectivity index (χ2v) is 7.44. The number of benzene rings is 1. The first-order valence-corrected chi connectivity index (χ1v) is 9.50. The fraction of sp³-hybridized carbons (Fsp3) is 0.227. The molecule has 0 amide bonds. The molecular weight excluding hydrogens is 392 g/mol. The Labute approximate surface area is 173 Å². The third-order valence-electron chi connectivity index (χ3n) is 4.54. The zero-order valence-electron chi connectivity index (χ0n) is 16.3. The fourth-order valence-electron chi connectivity index (χ4n) is 2.95. The topological polar surface area (TPSA) is 91.9 Å². The number of nitrogens with one attached hydrogen (secondary N) is 1. The van der Waals surface area contributed by atoms with E-state index in [9.17, 15) is 14.7 Å². The molecule has 29 heavy (non-hydrogen) atoms. The number of hydrogen-bond acceptors (Lipinski definition) is 5. The van der Waals surface area contributed by atoms with Gasteiger partial charge in [0.25, 0.3) is 0 Å². The van der Waals surface area contributed by atoms with Crippen molar-refractivity contribution in [2.75, 3.05) is 5.32 Å². The first-order valence-electron chi connectivity index (χ1n) is 9.12. The molecule has 1 aromatic heterocycles. The Morgan fingerprint density at radius 2 is 2.07 bits per heavy atom. The van der Waals surface area contributed by atoms with Crippen LogP contribution in [-0.4, -0.2) is 22.6 Å². The summed E-state index contributed by atoms with van der Waals surface area (Å²) in [6, 6.07) is 6.50. The van der Waals surface area contributed by atoms with Crippen molar-refractivity contribution < 1.29 is 19.1 Å². The van der Waals surface area contributed by atoms with Gasteiger partial charge in [0.2, 0.25) is 0 Å². The number of furan rings is 1. The molecule has 150 valence electrons. The van der Waals surface area contributed by atoms with Crippen LogP contribution in [0.5, 0.6) is 0 Å². The Kier molecular flexibility index (Phi) is 6.03. The van der Waals surface area contributed by atoms with E-state index in [1.807, 2.05) is 13.8 Å². The largest absolute Gasteiger partial charge is 0.478 e. The lowest BCUT2D eigenvalue weighted by Gasteiger charge is -2.16. The molecule has 2 N–H and O–H groups in total. The predicted molar refractivity (Wildman–Crippen MR) is 113 cm³/mol. The molecule has 0 atom stereocenters. The van der Waals surface area contributed by atoms with Gasteiger partial charge < -0.3 is 14.8 Å². The van der Waals surface area contributed by atoms with Gasteiger partial charge >= 0.3 is 5.97 Å². The maximum atomic E-state index is 12.1. The lowest BCUT2D eigenvalue weighted by molar-refractivity contribution is -0.111. The van der Waals surface area contributed by atoms with Crippen molar-refractivity contribution in [3.05, 3.63) is 70.2 Å². The van der Waals surface area contributed by atoms with Crippen LogP contribution in [0.25, 0.3) is 0 Å². The average molecular weight is 413 g/mol. The number of aromatic carboxylic acids is 1. The predicted octanol–water partition coefficient (Wildman–Crippen LogP) is 5.43. The summed E-state index contributed by atoms with van der Waals surface area (Å²) in [6.07, 6.45) is 4.83. The molecule has 0 saturated heterocycles. The summed E-state index contributed by atoms with van der Waals surface area (Å²) in [5, 5.41) is 13.0. The average Bonchev–Trinajstić information content (AvgIpc) is 3.16. The number of carboxylic acids is 1. The summed E-state index contributed by atoms with van der Waals surface area (Å²) in [6.45, 7) is 5.98. The van der Waals surface area contributed by atoms with Crippen LogP contribution >= 0.6 is 11.6 Å². The summed E-state index contributed by atoms with van der Waals surface area (Å²) in [4.78, 5) is 28.5. The number of allylic oxidation sites excluding steroid dienone is 4. The minimum atomic E-state index is -1.10. The van der Waals surface area contributed by atoms with Crippen molar-refractivity contribution in [2.45, 2.75) is 27.3 Å². The second-order valence-electron chi connectivity index (χ2n) is 7.03. The number of carbonyl (C=O) groups is 2. The molecule has 1 heterocycles. The summed E-state index contributed by atoms with van der Waals surface area (Å²) in [7, 11) is 0. The standard InChI is InChI=1S/C22H21ClN2O4/c1-12(2)15-8-18(13(3)7-21(15)26)25-20-9-16(22(27)28)19(10-17(20)23)24-11-14-5-4-6-29-14/h4-10,12,24H,11H2,1-3H3,(H,27,28). The Bertz CT molecular complexity index is 1050. The Morgan fingerprint density at radius 3 is 2.69 bits per heavy atom. The lowest BCUT2D eigenvalue weighted by atomic mass is 9.90. The molecule has 2 aromatic rings. The molecule has 6 nitrogen and oxygen atoms in total. The summed E-state index contributed by atoms with van der Waals surface area (Å²) < 4.78 is 5.25. The molecule has 0 spiro atoms. The molecule has 0 saturated carbocycles. The molecule has 0 aliphatic heterocycles. The van der Waals surface area contributed by atoms with Gasteiger partial charge in [0.15, 0.2) is 5.78 Å². The minimum Gasteiger partial charge on any atom is -0.478 e. The molecule has 1 aromatic carbocycles. The van der Waals surface area contributed by atoms with Crippen molar-refractivity contribution in [2.24, 2.45) is 10.9 Å². The van der Waals surface area contributed by atoms with Crippen LogP contribution in [-0.2, 0) is 11.3 Å². The highest BCUT2D eigenvalue weighted by Gasteiger charge is 2.20. The number of aliphatic imine (C=N–C) groups is 1. The van der Waals surface area contributed by atoms with Crippen LogP contribution < -0.4 is 5.32 Å². The normalized spacial score (nSPS) is 15.5. The van der Waals surface area contributed by atoms with E-state index in [2.05, 4.69) is 10.3 Å². The first-order chi connectivity index (χ1) is 13.8. The van der Waals surface area contributed by atoms with E-state index in [0.29, 0.717) is 45.6 Å². The highest BCUT2D eigenvalue weighted by atomic mass is 35.5.